The molecular formula is C14H35NO2Si2. The maximum absolute atomic E-state index is 5.37. The average molecular weight is 306 g/mol. The fraction of sp³-hybridized carbons (Fsp3) is 1.00. The molecule has 0 aromatic rings. The molecule has 0 unspecified atom stereocenters. The van der Waals surface area contributed by atoms with Crippen molar-refractivity contribution in [1.82, 2.24) is 4.57 Å². The first-order valence-corrected chi connectivity index (χ1v) is 12.2. The summed E-state index contributed by atoms with van der Waals surface area (Å²) in [7, 11) is 0.852. The van der Waals surface area contributed by atoms with Crippen molar-refractivity contribution >= 4 is 17.5 Å². The Hall–Kier alpha value is 0.314. The molecule has 0 aliphatic rings. The van der Waals surface area contributed by atoms with E-state index >= 15 is 0 Å². The minimum absolute atomic E-state index is 0.430. The van der Waals surface area contributed by atoms with Crippen molar-refractivity contribution in [3.63, 3.8) is 0 Å². The molecule has 0 atom stereocenters. The maximum Gasteiger partial charge on any atom is 0.320 e. The normalized spacial score (nSPS) is 13.6. The second-order valence-corrected chi connectivity index (χ2v) is 14.4. The highest BCUT2D eigenvalue weighted by molar-refractivity contribution is 6.77. The van der Waals surface area contributed by atoms with Crippen molar-refractivity contribution in [2.45, 2.75) is 64.7 Å². The lowest BCUT2D eigenvalue weighted by Gasteiger charge is -2.45. The van der Waals surface area contributed by atoms with Crippen LogP contribution in [0.25, 0.3) is 0 Å². The van der Waals surface area contributed by atoms with Crippen molar-refractivity contribution in [3.8, 4) is 0 Å². The molecule has 19 heavy (non-hydrogen) atoms. The van der Waals surface area contributed by atoms with Crippen LogP contribution in [0.4, 0.5) is 0 Å². The molecule has 0 heterocycles. The van der Waals surface area contributed by atoms with Crippen molar-refractivity contribution < 1.29 is 8.85 Å². The van der Waals surface area contributed by atoms with Gasteiger partial charge in [-0.25, -0.2) is 0 Å². The van der Waals surface area contributed by atoms with E-state index in [0.717, 1.165) is 6.04 Å². The van der Waals surface area contributed by atoms with Crippen LogP contribution < -0.4 is 0 Å². The Morgan fingerprint density at radius 2 is 1.58 bits per heavy atom. The number of unbranched alkanes of at least 4 members (excludes halogenated alkanes) is 1. The Morgan fingerprint density at radius 3 is 1.95 bits per heavy atom. The van der Waals surface area contributed by atoms with Gasteiger partial charge in [-0.15, -0.1) is 0 Å². The quantitative estimate of drug-likeness (QED) is 0.480. The third-order valence-corrected chi connectivity index (χ3v) is 12.4. The van der Waals surface area contributed by atoms with Crippen LogP contribution in [0, 0.1) is 0 Å². The van der Waals surface area contributed by atoms with E-state index in [1.807, 2.05) is 0 Å². The molecule has 0 saturated carbocycles. The molecule has 0 aliphatic carbocycles. The highest BCUT2D eigenvalue weighted by Gasteiger charge is 2.39. The number of rotatable bonds is 9. The number of nitrogens with zero attached hydrogens (tertiary/aromatic N) is 1. The summed E-state index contributed by atoms with van der Waals surface area (Å²) in [5.41, 5.74) is 0. The van der Waals surface area contributed by atoms with Crippen LogP contribution in [0.3, 0.4) is 0 Å². The largest absolute Gasteiger partial charge is 0.400 e. The number of hydrogen-bond donors (Lipinski definition) is 0. The Kier molecular flexibility index (Phi) is 8.71. The molecule has 0 saturated heterocycles. The molecule has 0 aliphatic heterocycles. The van der Waals surface area contributed by atoms with Gasteiger partial charge in [0, 0.05) is 14.2 Å². The molecule has 0 fully saturated rings. The molecule has 0 bridgehead atoms. The highest BCUT2D eigenvalue weighted by Crippen LogP contribution is 2.38. The standard InChI is InChI=1S/C14H35NO2Si2/c1-9-15(19(7,8)14(2,3)4)12-10-11-13-18(16-5)17-6/h18H,9-13H2,1-8H3. The summed E-state index contributed by atoms with van der Waals surface area (Å²) in [6.45, 7) is 16.9. The van der Waals surface area contributed by atoms with Gasteiger partial charge in [0.25, 0.3) is 0 Å². The predicted molar refractivity (Wildman–Crippen MR) is 89.7 cm³/mol. The van der Waals surface area contributed by atoms with Crippen molar-refractivity contribution in [3.05, 3.63) is 0 Å². The molecule has 0 aromatic carbocycles. The summed E-state index contributed by atoms with van der Waals surface area (Å²) < 4.78 is 13.5. The minimum atomic E-state index is -1.35. The van der Waals surface area contributed by atoms with Crippen LogP contribution in [0.2, 0.25) is 24.2 Å². The van der Waals surface area contributed by atoms with E-state index in [1.54, 1.807) is 14.2 Å². The van der Waals surface area contributed by atoms with Crippen LogP contribution in [0.5, 0.6) is 0 Å². The average Bonchev–Trinajstić information content (AvgIpc) is 2.32. The van der Waals surface area contributed by atoms with Gasteiger partial charge in [-0.1, -0.05) is 47.2 Å². The van der Waals surface area contributed by atoms with Gasteiger partial charge in [-0.2, -0.15) is 0 Å². The fourth-order valence-electron chi connectivity index (χ4n) is 2.25. The van der Waals surface area contributed by atoms with E-state index in [0.29, 0.717) is 5.04 Å². The van der Waals surface area contributed by atoms with Crippen LogP contribution in [0.1, 0.15) is 40.5 Å². The molecule has 0 amide bonds. The van der Waals surface area contributed by atoms with Gasteiger partial charge in [0.05, 0.1) is 0 Å². The van der Waals surface area contributed by atoms with Gasteiger partial charge in [-0.3, -0.25) is 0 Å². The second-order valence-electron chi connectivity index (χ2n) is 6.79. The first-order valence-electron chi connectivity index (χ1n) is 7.51. The second kappa shape index (κ2) is 8.57. The summed E-state index contributed by atoms with van der Waals surface area (Å²) in [4.78, 5) is 0. The molecule has 0 radical (unpaired) electrons. The summed E-state index contributed by atoms with van der Waals surface area (Å²) in [6, 6.07) is 1.13. The van der Waals surface area contributed by atoms with E-state index in [-0.39, 0.29) is 0 Å². The van der Waals surface area contributed by atoms with E-state index in [2.05, 4.69) is 45.4 Å². The molecule has 0 N–H and O–H groups in total. The maximum atomic E-state index is 5.37. The molecule has 3 nitrogen and oxygen atoms in total. The SMILES string of the molecule is CCN(CCCC[SiH](OC)OC)[Si](C)(C)C(C)(C)C. The lowest BCUT2D eigenvalue weighted by molar-refractivity contribution is 0.275. The van der Waals surface area contributed by atoms with Gasteiger partial charge >= 0.3 is 9.28 Å². The van der Waals surface area contributed by atoms with Gasteiger partial charge in [-0.05, 0) is 30.6 Å². The molecule has 0 spiro atoms. The Labute approximate surface area is 123 Å². The fourth-order valence-corrected chi connectivity index (χ4v) is 6.00. The van der Waals surface area contributed by atoms with Gasteiger partial charge in [0.2, 0.25) is 0 Å². The smallest absolute Gasteiger partial charge is 0.320 e. The van der Waals surface area contributed by atoms with E-state index < -0.39 is 17.5 Å². The Bertz CT molecular complexity index is 238. The zero-order valence-electron chi connectivity index (χ0n) is 14.4. The monoisotopic (exact) mass is 305 g/mol. The first-order chi connectivity index (χ1) is 8.70. The third kappa shape index (κ3) is 6.08. The minimum Gasteiger partial charge on any atom is -0.400 e. The molecule has 0 aromatic heterocycles. The first kappa shape index (κ1) is 19.3. The Balaban J connectivity index is 4.22. The van der Waals surface area contributed by atoms with Crippen LogP contribution in [-0.4, -0.2) is 49.4 Å². The van der Waals surface area contributed by atoms with Gasteiger partial charge in [0.15, 0.2) is 0 Å². The van der Waals surface area contributed by atoms with Gasteiger partial charge in [0.1, 0.15) is 8.24 Å². The summed E-state index contributed by atoms with van der Waals surface area (Å²) in [5, 5.41) is 0.430. The summed E-state index contributed by atoms with van der Waals surface area (Å²) in [6.07, 6.45) is 2.49. The molecule has 116 valence electrons. The van der Waals surface area contributed by atoms with Crippen LogP contribution in [0.15, 0.2) is 0 Å². The van der Waals surface area contributed by atoms with E-state index in [4.69, 9.17) is 8.85 Å². The molecular weight excluding hydrogens is 270 g/mol. The topological polar surface area (TPSA) is 21.7 Å². The summed E-state index contributed by atoms with van der Waals surface area (Å²) in [5.74, 6) is 0. The highest BCUT2D eigenvalue weighted by atomic mass is 28.3. The lowest BCUT2D eigenvalue weighted by Crippen LogP contribution is -2.55. The molecule has 5 heteroatoms. The zero-order chi connectivity index (χ0) is 15.1. The zero-order valence-corrected chi connectivity index (χ0v) is 16.5. The van der Waals surface area contributed by atoms with Gasteiger partial charge < -0.3 is 13.4 Å². The van der Waals surface area contributed by atoms with Crippen molar-refractivity contribution in [1.29, 1.82) is 0 Å². The van der Waals surface area contributed by atoms with Crippen molar-refractivity contribution in [2.24, 2.45) is 0 Å². The lowest BCUT2D eigenvalue weighted by atomic mass is 10.2. The molecule has 0 rings (SSSR count). The number of hydrogen-bond acceptors (Lipinski definition) is 3. The summed E-state index contributed by atoms with van der Waals surface area (Å²) >= 11 is 0. The van der Waals surface area contributed by atoms with Crippen LogP contribution in [-0.2, 0) is 8.85 Å². The van der Waals surface area contributed by atoms with E-state index in [9.17, 15) is 0 Å². The predicted octanol–water partition coefficient (Wildman–Crippen LogP) is 3.61. The third-order valence-electron chi connectivity index (χ3n) is 4.65. The van der Waals surface area contributed by atoms with Crippen LogP contribution >= 0.6 is 0 Å². The van der Waals surface area contributed by atoms with Crippen molar-refractivity contribution in [2.75, 3.05) is 27.3 Å². The van der Waals surface area contributed by atoms with E-state index in [1.165, 1.54) is 25.9 Å². The Morgan fingerprint density at radius 1 is 1.05 bits per heavy atom.